The number of morpholine rings is 1. The second kappa shape index (κ2) is 14.4. The summed E-state index contributed by atoms with van der Waals surface area (Å²) in [7, 11) is 0. The van der Waals surface area contributed by atoms with Gasteiger partial charge in [-0.15, -0.1) is 0 Å². The smallest absolute Gasteiger partial charge is 0.295 e. The number of carbonyl (C=O) groups excluding carboxylic acids is 2. The predicted octanol–water partition coefficient (Wildman–Crippen LogP) is 5.51. The number of unbranched alkanes of at least 4 members (excludes halogenated alkanes) is 1. The topological polar surface area (TPSA) is 88.5 Å². The fraction of sp³-hybridized carbons (Fsp3) is 0.371. The number of hydrogen-bond donors (Lipinski definition) is 1. The van der Waals surface area contributed by atoms with Gasteiger partial charge in [0, 0.05) is 31.7 Å². The molecule has 0 radical (unpaired) electrons. The molecule has 2 aliphatic heterocycles. The molecule has 1 N–H and O–H groups in total. The van der Waals surface area contributed by atoms with E-state index in [2.05, 4.69) is 11.8 Å². The zero-order chi connectivity index (χ0) is 30.2. The molecule has 3 aromatic rings. The lowest BCUT2D eigenvalue weighted by molar-refractivity contribution is -0.140. The number of aliphatic hydroxyl groups is 1. The molecule has 8 heteroatoms. The third-order valence-electron chi connectivity index (χ3n) is 7.95. The average Bonchev–Trinajstić information content (AvgIpc) is 3.29. The zero-order valence-electron chi connectivity index (χ0n) is 25.0. The standard InChI is InChI=1S/C35H40N2O6/c1-3-4-20-42-30-15-12-28(23-25(30)2)33(38)31-32(37(35(40)34(31)39)17-16-36-18-21-41-22-19-36)27-10-13-29(14-11-27)43-24-26-8-6-5-7-9-26/h5-15,23,32,38H,3-4,16-22,24H2,1-2H3/b33-31+. The van der Waals surface area contributed by atoms with E-state index in [9.17, 15) is 14.7 Å². The van der Waals surface area contributed by atoms with Gasteiger partial charge < -0.3 is 24.2 Å². The van der Waals surface area contributed by atoms with Crippen LogP contribution < -0.4 is 9.47 Å². The van der Waals surface area contributed by atoms with Gasteiger partial charge in [0.05, 0.1) is 31.4 Å². The fourth-order valence-electron chi connectivity index (χ4n) is 5.46. The summed E-state index contributed by atoms with van der Waals surface area (Å²) in [4.78, 5) is 30.8. The molecule has 2 heterocycles. The molecule has 1 unspecified atom stereocenters. The van der Waals surface area contributed by atoms with Crippen LogP contribution in [0.1, 0.15) is 48.1 Å². The normalized spacial score (nSPS) is 18.7. The van der Waals surface area contributed by atoms with Gasteiger partial charge >= 0.3 is 0 Å². The third-order valence-corrected chi connectivity index (χ3v) is 7.95. The number of nitrogens with zero attached hydrogens (tertiary/aromatic N) is 2. The van der Waals surface area contributed by atoms with E-state index in [0.29, 0.717) is 50.8 Å². The number of hydrogen-bond acceptors (Lipinski definition) is 7. The summed E-state index contributed by atoms with van der Waals surface area (Å²) in [6, 6.07) is 21.9. The number of rotatable bonds is 12. The highest BCUT2D eigenvalue weighted by Crippen LogP contribution is 2.40. The number of carbonyl (C=O) groups is 2. The van der Waals surface area contributed by atoms with Crippen molar-refractivity contribution in [2.24, 2.45) is 0 Å². The molecular weight excluding hydrogens is 544 g/mol. The van der Waals surface area contributed by atoms with E-state index in [0.717, 1.165) is 48.4 Å². The molecule has 226 valence electrons. The number of likely N-dealkylation sites (tertiary alicyclic amines) is 1. The summed E-state index contributed by atoms with van der Waals surface area (Å²) in [5.41, 5.74) is 3.19. The average molecular weight is 585 g/mol. The van der Waals surface area contributed by atoms with E-state index in [1.807, 2.05) is 67.6 Å². The van der Waals surface area contributed by atoms with Crippen LogP contribution in [0.4, 0.5) is 0 Å². The molecule has 0 aliphatic carbocycles. The minimum absolute atomic E-state index is 0.0870. The van der Waals surface area contributed by atoms with E-state index in [1.54, 1.807) is 17.0 Å². The van der Waals surface area contributed by atoms with Gasteiger partial charge in [0.2, 0.25) is 0 Å². The maximum Gasteiger partial charge on any atom is 0.295 e. The number of benzene rings is 3. The Morgan fingerprint density at radius 3 is 2.40 bits per heavy atom. The highest BCUT2D eigenvalue weighted by Gasteiger charge is 2.46. The Bertz CT molecular complexity index is 1430. The zero-order valence-corrected chi connectivity index (χ0v) is 25.0. The Balaban J connectivity index is 1.44. The van der Waals surface area contributed by atoms with Gasteiger partial charge in [0.1, 0.15) is 23.9 Å². The van der Waals surface area contributed by atoms with Crippen LogP contribution in [0.25, 0.3) is 5.76 Å². The van der Waals surface area contributed by atoms with Crippen LogP contribution in [0.5, 0.6) is 11.5 Å². The third kappa shape index (κ3) is 7.27. The number of amides is 1. The second-order valence-corrected chi connectivity index (χ2v) is 11.0. The first-order valence-electron chi connectivity index (χ1n) is 15.0. The molecule has 0 saturated carbocycles. The van der Waals surface area contributed by atoms with E-state index in [4.69, 9.17) is 14.2 Å². The Hall–Kier alpha value is -4.14. The van der Waals surface area contributed by atoms with Gasteiger partial charge in [0.15, 0.2) is 0 Å². The molecule has 5 rings (SSSR count). The van der Waals surface area contributed by atoms with Crippen molar-refractivity contribution < 1.29 is 28.9 Å². The highest BCUT2D eigenvalue weighted by atomic mass is 16.5. The van der Waals surface area contributed by atoms with Gasteiger partial charge in [-0.2, -0.15) is 0 Å². The van der Waals surface area contributed by atoms with Gasteiger partial charge in [-0.1, -0.05) is 55.8 Å². The molecule has 3 aromatic carbocycles. The van der Waals surface area contributed by atoms with Crippen LogP contribution in [0.2, 0.25) is 0 Å². The van der Waals surface area contributed by atoms with Gasteiger partial charge in [-0.25, -0.2) is 0 Å². The largest absolute Gasteiger partial charge is 0.507 e. The first-order valence-corrected chi connectivity index (χ1v) is 15.0. The van der Waals surface area contributed by atoms with Gasteiger partial charge in [0.25, 0.3) is 11.7 Å². The number of aryl methyl sites for hydroxylation is 1. The van der Waals surface area contributed by atoms with E-state index in [-0.39, 0.29) is 11.3 Å². The van der Waals surface area contributed by atoms with Crippen molar-refractivity contribution in [2.75, 3.05) is 46.0 Å². The lowest BCUT2D eigenvalue weighted by Crippen LogP contribution is -2.42. The molecule has 0 spiro atoms. The summed E-state index contributed by atoms with van der Waals surface area (Å²) >= 11 is 0. The lowest BCUT2D eigenvalue weighted by Gasteiger charge is -2.31. The van der Waals surface area contributed by atoms with Crippen molar-refractivity contribution in [1.82, 2.24) is 9.80 Å². The van der Waals surface area contributed by atoms with Crippen LogP contribution in [0.3, 0.4) is 0 Å². The number of ketones is 1. The quantitative estimate of drug-likeness (QED) is 0.130. The van der Waals surface area contributed by atoms with Crippen molar-refractivity contribution in [2.45, 2.75) is 39.3 Å². The number of ether oxygens (including phenoxy) is 3. The Labute approximate surface area is 253 Å². The SMILES string of the molecule is CCCCOc1ccc(/C(O)=C2\C(=O)C(=O)N(CCN3CCOCC3)C2c2ccc(OCc3ccccc3)cc2)cc1C. The monoisotopic (exact) mass is 584 g/mol. The van der Waals surface area contributed by atoms with E-state index in [1.165, 1.54) is 0 Å². The Morgan fingerprint density at radius 2 is 1.70 bits per heavy atom. The Kier molecular flexibility index (Phi) is 10.1. The number of Topliss-reactive ketones (excluding diaryl/α,β-unsaturated/α-hetero) is 1. The maximum atomic E-state index is 13.5. The molecular formula is C35H40N2O6. The molecule has 0 aromatic heterocycles. The molecule has 1 atom stereocenters. The van der Waals surface area contributed by atoms with Crippen molar-refractivity contribution in [1.29, 1.82) is 0 Å². The summed E-state index contributed by atoms with van der Waals surface area (Å²) in [5.74, 6) is -0.0779. The molecule has 2 aliphatic rings. The summed E-state index contributed by atoms with van der Waals surface area (Å²) in [6.45, 7) is 8.84. The summed E-state index contributed by atoms with van der Waals surface area (Å²) in [5, 5.41) is 11.6. The molecule has 1 amide bonds. The second-order valence-electron chi connectivity index (χ2n) is 11.0. The molecule has 2 saturated heterocycles. The van der Waals surface area contributed by atoms with Crippen LogP contribution in [0.15, 0.2) is 78.4 Å². The molecule has 8 nitrogen and oxygen atoms in total. The first kappa shape index (κ1) is 30.3. The van der Waals surface area contributed by atoms with Crippen LogP contribution in [-0.4, -0.2) is 72.6 Å². The molecule has 0 bridgehead atoms. The van der Waals surface area contributed by atoms with Gasteiger partial charge in [-0.3, -0.25) is 14.5 Å². The molecule has 43 heavy (non-hydrogen) atoms. The molecule has 2 fully saturated rings. The first-order chi connectivity index (χ1) is 21.0. The number of aliphatic hydroxyl groups excluding tert-OH is 1. The van der Waals surface area contributed by atoms with Crippen molar-refractivity contribution >= 4 is 17.4 Å². The van der Waals surface area contributed by atoms with Crippen molar-refractivity contribution in [3.63, 3.8) is 0 Å². The van der Waals surface area contributed by atoms with Crippen molar-refractivity contribution in [3.05, 3.63) is 101 Å². The van der Waals surface area contributed by atoms with Crippen LogP contribution in [0, 0.1) is 6.92 Å². The summed E-state index contributed by atoms with van der Waals surface area (Å²) in [6.07, 6.45) is 1.98. The minimum Gasteiger partial charge on any atom is -0.507 e. The predicted molar refractivity (Wildman–Crippen MR) is 165 cm³/mol. The lowest BCUT2D eigenvalue weighted by atomic mass is 9.94. The summed E-state index contributed by atoms with van der Waals surface area (Å²) < 4.78 is 17.3. The fourth-order valence-corrected chi connectivity index (χ4v) is 5.46. The highest BCUT2D eigenvalue weighted by molar-refractivity contribution is 6.46. The van der Waals surface area contributed by atoms with E-state index < -0.39 is 17.7 Å². The van der Waals surface area contributed by atoms with Crippen molar-refractivity contribution in [3.8, 4) is 11.5 Å². The van der Waals surface area contributed by atoms with Gasteiger partial charge in [-0.05, 0) is 60.4 Å². The Morgan fingerprint density at radius 1 is 0.953 bits per heavy atom. The van der Waals surface area contributed by atoms with Crippen LogP contribution in [-0.2, 0) is 20.9 Å². The maximum absolute atomic E-state index is 13.5. The van der Waals surface area contributed by atoms with Crippen LogP contribution >= 0.6 is 0 Å². The minimum atomic E-state index is -0.731. The van der Waals surface area contributed by atoms with E-state index >= 15 is 0 Å².